The Balaban J connectivity index is 1.98. The molecule has 2 aromatic rings. The number of sulfonamides is 1. The van der Waals surface area contributed by atoms with Crippen LogP contribution in [0, 0.1) is 0 Å². The van der Waals surface area contributed by atoms with Crippen LogP contribution in [0.2, 0.25) is 0 Å². The largest absolute Gasteiger partial charge is 0.357 e. The third kappa shape index (κ3) is 3.30. The number of aromatic nitrogens is 1. The van der Waals surface area contributed by atoms with Gasteiger partial charge in [-0.25, -0.2) is 8.42 Å². The van der Waals surface area contributed by atoms with Crippen molar-refractivity contribution in [2.45, 2.75) is 43.5 Å². The molecule has 1 saturated heterocycles. The van der Waals surface area contributed by atoms with Gasteiger partial charge in [-0.3, -0.25) is 4.79 Å². The number of carbonyl (C=O) groups excluding carboxylic acids is 1. The van der Waals surface area contributed by atoms with Crippen LogP contribution in [0.15, 0.2) is 35.4 Å². The highest BCUT2D eigenvalue weighted by Gasteiger charge is 2.26. The number of carbonyl (C=O) groups is 1. The SMILES string of the molecule is CC[C@@H](C(=O)NC)n1ccc2cc(S(=O)(=O)N3CCCCC3)ccc21. The van der Waals surface area contributed by atoms with Gasteiger partial charge in [0.1, 0.15) is 6.04 Å². The highest BCUT2D eigenvalue weighted by Crippen LogP contribution is 2.27. The molecule has 0 aliphatic carbocycles. The standard InChI is InChI=1S/C18H25N3O3S/c1-3-16(18(22)19-2)21-12-9-14-13-15(7-8-17(14)21)25(23,24)20-10-5-4-6-11-20/h7-9,12-13,16H,3-6,10-11H2,1-2H3,(H,19,22)/t16-/m0/s1. The van der Waals surface area contributed by atoms with E-state index < -0.39 is 10.0 Å². The molecular weight excluding hydrogens is 338 g/mol. The zero-order valence-electron chi connectivity index (χ0n) is 14.7. The van der Waals surface area contributed by atoms with E-state index in [1.165, 1.54) is 0 Å². The average Bonchev–Trinajstić information content (AvgIpc) is 3.06. The molecule has 1 N–H and O–H groups in total. The van der Waals surface area contributed by atoms with Crippen LogP contribution >= 0.6 is 0 Å². The van der Waals surface area contributed by atoms with Crippen molar-refractivity contribution in [1.29, 1.82) is 0 Å². The smallest absolute Gasteiger partial charge is 0.243 e. The molecule has 0 bridgehead atoms. The highest BCUT2D eigenvalue weighted by atomic mass is 32.2. The van der Waals surface area contributed by atoms with E-state index in [1.54, 1.807) is 29.6 Å². The maximum atomic E-state index is 12.8. The number of benzene rings is 1. The molecule has 0 spiro atoms. The third-order valence-electron chi connectivity index (χ3n) is 4.92. The van der Waals surface area contributed by atoms with E-state index in [1.807, 2.05) is 23.8 Å². The van der Waals surface area contributed by atoms with Crippen molar-refractivity contribution in [2.75, 3.05) is 20.1 Å². The summed E-state index contributed by atoms with van der Waals surface area (Å²) in [6.07, 6.45) is 5.44. The quantitative estimate of drug-likeness (QED) is 0.887. The van der Waals surface area contributed by atoms with Crippen molar-refractivity contribution in [1.82, 2.24) is 14.2 Å². The third-order valence-corrected chi connectivity index (χ3v) is 6.81. The first-order chi connectivity index (χ1) is 12.0. The number of hydrogen-bond donors (Lipinski definition) is 1. The second-order valence-corrected chi connectivity index (χ2v) is 8.38. The summed E-state index contributed by atoms with van der Waals surface area (Å²) in [5.74, 6) is -0.0509. The van der Waals surface area contributed by atoms with Gasteiger partial charge in [-0.15, -0.1) is 0 Å². The Morgan fingerprint density at radius 3 is 2.56 bits per heavy atom. The number of hydrogen-bond acceptors (Lipinski definition) is 3. The van der Waals surface area contributed by atoms with Gasteiger partial charge in [0, 0.05) is 37.2 Å². The number of nitrogens with one attached hydrogen (secondary N) is 1. The van der Waals surface area contributed by atoms with E-state index in [9.17, 15) is 13.2 Å². The number of fused-ring (bicyclic) bond motifs is 1. The first kappa shape index (κ1) is 17.9. The molecule has 1 fully saturated rings. The Kier molecular flexibility index (Phi) is 5.15. The lowest BCUT2D eigenvalue weighted by molar-refractivity contribution is -0.123. The molecular formula is C18H25N3O3S. The lowest BCUT2D eigenvalue weighted by Gasteiger charge is -2.26. The lowest BCUT2D eigenvalue weighted by Crippen LogP contribution is -2.35. The zero-order chi connectivity index (χ0) is 18.0. The van der Waals surface area contributed by atoms with E-state index in [0.29, 0.717) is 24.4 Å². The van der Waals surface area contributed by atoms with E-state index >= 15 is 0 Å². The minimum atomic E-state index is -3.45. The molecule has 2 heterocycles. The summed E-state index contributed by atoms with van der Waals surface area (Å²) in [6, 6.07) is 6.74. The molecule has 0 saturated carbocycles. The number of rotatable bonds is 5. The molecule has 1 aromatic heterocycles. The van der Waals surface area contributed by atoms with Crippen LogP contribution in [0.3, 0.4) is 0 Å². The van der Waals surface area contributed by atoms with Crippen molar-refractivity contribution >= 4 is 26.8 Å². The van der Waals surface area contributed by atoms with Crippen LogP contribution in [-0.4, -0.2) is 43.3 Å². The summed E-state index contributed by atoms with van der Waals surface area (Å²) in [4.78, 5) is 12.4. The predicted octanol–water partition coefficient (Wildman–Crippen LogP) is 2.51. The van der Waals surface area contributed by atoms with Crippen molar-refractivity contribution in [3.8, 4) is 0 Å². The second kappa shape index (κ2) is 7.17. The van der Waals surface area contributed by atoms with Crippen molar-refractivity contribution < 1.29 is 13.2 Å². The number of likely N-dealkylation sites (N-methyl/N-ethyl adjacent to an activating group) is 1. The summed E-state index contributed by atoms with van der Waals surface area (Å²) < 4.78 is 29.2. The van der Waals surface area contributed by atoms with Gasteiger partial charge in [0.15, 0.2) is 0 Å². The molecule has 7 heteroatoms. The molecule has 25 heavy (non-hydrogen) atoms. The maximum Gasteiger partial charge on any atom is 0.243 e. The first-order valence-corrected chi connectivity index (χ1v) is 10.3. The molecule has 0 radical (unpaired) electrons. The van der Waals surface area contributed by atoms with Gasteiger partial charge in [0.2, 0.25) is 15.9 Å². The van der Waals surface area contributed by atoms with Crippen molar-refractivity contribution in [3.63, 3.8) is 0 Å². The Bertz CT molecular complexity index is 867. The van der Waals surface area contributed by atoms with Crippen molar-refractivity contribution in [3.05, 3.63) is 30.5 Å². The fourth-order valence-electron chi connectivity index (χ4n) is 3.50. The Hall–Kier alpha value is -1.86. The zero-order valence-corrected chi connectivity index (χ0v) is 15.6. The van der Waals surface area contributed by atoms with E-state index in [4.69, 9.17) is 0 Å². The number of nitrogens with zero attached hydrogens (tertiary/aromatic N) is 2. The normalized spacial score (nSPS) is 17.5. The molecule has 1 aromatic carbocycles. The summed E-state index contributed by atoms with van der Waals surface area (Å²) in [5.41, 5.74) is 0.869. The molecule has 1 aliphatic rings. The van der Waals surface area contributed by atoms with Gasteiger partial charge in [-0.05, 0) is 43.5 Å². The lowest BCUT2D eigenvalue weighted by atomic mass is 10.2. The molecule has 3 rings (SSSR count). The van der Waals surface area contributed by atoms with Gasteiger partial charge in [0.05, 0.1) is 4.90 Å². The van der Waals surface area contributed by atoms with Crippen LogP contribution in [0.25, 0.3) is 10.9 Å². The van der Waals surface area contributed by atoms with Gasteiger partial charge >= 0.3 is 0 Å². The molecule has 0 unspecified atom stereocenters. The van der Waals surface area contributed by atoms with Crippen LogP contribution in [0.4, 0.5) is 0 Å². The Morgan fingerprint density at radius 2 is 1.92 bits per heavy atom. The summed E-state index contributed by atoms with van der Waals surface area (Å²) >= 11 is 0. The van der Waals surface area contributed by atoms with Gasteiger partial charge in [-0.1, -0.05) is 13.3 Å². The van der Waals surface area contributed by atoms with Crippen LogP contribution in [-0.2, 0) is 14.8 Å². The van der Waals surface area contributed by atoms with Crippen LogP contribution in [0.1, 0.15) is 38.6 Å². The molecule has 6 nitrogen and oxygen atoms in total. The minimum Gasteiger partial charge on any atom is -0.357 e. The average molecular weight is 363 g/mol. The summed E-state index contributed by atoms with van der Waals surface area (Å²) in [6.45, 7) is 3.15. The van der Waals surface area contributed by atoms with Gasteiger partial charge in [0.25, 0.3) is 0 Å². The van der Waals surface area contributed by atoms with E-state index in [0.717, 1.165) is 30.2 Å². The van der Waals surface area contributed by atoms with E-state index in [2.05, 4.69) is 5.32 Å². The minimum absolute atomic E-state index is 0.0509. The Morgan fingerprint density at radius 1 is 1.20 bits per heavy atom. The first-order valence-electron chi connectivity index (χ1n) is 8.81. The topological polar surface area (TPSA) is 71.4 Å². The maximum absolute atomic E-state index is 12.8. The summed E-state index contributed by atoms with van der Waals surface area (Å²) in [7, 11) is -1.82. The van der Waals surface area contributed by atoms with Crippen LogP contribution in [0.5, 0.6) is 0 Å². The second-order valence-electron chi connectivity index (χ2n) is 6.45. The monoisotopic (exact) mass is 363 g/mol. The number of piperidine rings is 1. The fraction of sp³-hybridized carbons (Fsp3) is 0.500. The Labute approximate surface area is 148 Å². The van der Waals surface area contributed by atoms with E-state index in [-0.39, 0.29) is 11.9 Å². The molecule has 1 atom stereocenters. The fourth-order valence-corrected chi connectivity index (χ4v) is 5.06. The predicted molar refractivity (Wildman–Crippen MR) is 97.9 cm³/mol. The van der Waals surface area contributed by atoms with Gasteiger partial charge in [-0.2, -0.15) is 4.31 Å². The number of amides is 1. The van der Waals surface area contributed by atoms with Crippen LogP contribution < -0.4 is 5.32 Å². The van der Waals surface area contributed by atoms with Gasteiger partial charge < -0.3 is 9.88 Å². The summed E-state index contributed by atoms with van der Waals surface area (Å²) in [5, 5.41) is 3.52. The highest BCUT2D eigenvalue weighted by molar-refractivity contribution is 7.89. The molecule has 1 aliphatic heterocycles. The molecule has 1 amide bonds. The molecule has 136 valence electrons. The van der Waals surface area contributed by atoms with Crippen molar-refractivity contribution in [2.24, 2.45) is 0 Å².